The van der Waals surface area contributed by atoms with Gasteiger partial charge in [0.25, 0.3) is 0 Å². The third-order valence-electron chi connectivity index (χ3n) is 17.5. The first-order valence-electron chi connectivity index (χ1n) is 38.0. The fourth-order valence-corrected chi connectivity index (χ4v) is 11.5. The zero-order valence-electron chi connectivity index (χ0n) is 58.7. The summed E-state index contributed by atoms with van der Waals surface area (Å²) in [6.45, 7) is 5.71. The molecule has 1 aliphatic heterocycles. The molecule has 0 aromatic heterocycles. The molecule has 91 heavy (non-hydrogen) atoms. The van der Waals surface area contributed by atoms with Gasteiger partial charge in [0.2, 0.25) is 5.91 Å². The number of carbonyl (C=O) groups is 2. The molecular formula is C80H141NO10. The van der Waals surface area contributed by atoms with Crippen LogP contribution in [0.3, 0.4) is 0 Å². The van der Waals surface area contributed by atoms with Gasteiger partial charge in [0, 0.05) is 6.42 Å². The Labute approximate surface area is 558 Å². The van der Waals surface area contributed by atoms with E-state index in [0.717, 1.165) is 109 Å². The van der Waals surface area contributed by atoms with E-state index < -0.39 is 67.4 Å². The second-order valence-corrected chi connectivity index (χ2v) is 26.0. The average molecular weight is 1280 g/mol. The van der Waals surface area contributed by atoms with Crippen molar-refractivity contribution < 1.29 is 49.3 Å². The van der Waals surface area contributed by atoms with E-state index in [-0.39, 0.29) is 19.4 Å². The highest BCUT2D eigenvalue weighted by molar-refractivity contribution is 5.80. The van der Waals surface area contributed by atoms with Gasteiger partial charge < -0.3 is 45.1 Å². The molecule has 11 heteroatoms. The maximum atomic E-state index is 13.5. The number of esters is 1. The lowest BCUT2D eigenvalue weighted by molar-refractivity contribution is -0.305. The van der Waals surface area contributed by atoms with E-state index in [2.05, 4.69) is 111 Å². The van der Waals surface area contributed by atoms with Crippen LogP contribution in [0.15, 0.2) is 97.2 Å². The molecule has 526 valence electrons. The fourth-order valence-electron chi connectivity index (χ4n) is 11.5. The van der Waals surface area contributed by atoms with Crippen molar-refractivity contribution in [1.82, 2.24) is 5.32 Å². The second kappa shape index (κ2) is 66.6. The molecule has 1 amide bonds. The number of aliphatic hydroxyl groups is 5. The molecule has 8 atom stereocenters. The van der Waals surface area contributed by atoms with Gasteiger partial charge in [0.1, 0.15) is 24.4 Å². The van der Waals surface area contributed by atoms with Crippen LogP contribution in [-0.2, 0) is 23.8 Å². The van der Waals surface area contributed by atoms with Gasteiger partial charge in [-0.15, -0.1) is 0 Å². The summed E-state index contributed by atoms with van der Waals surface area (Å²) in [4.78, 5) is 26.8. The van der Waals surface area contributed by atoms with Crippen LogP contribution in [0.1, 0.15) is 335 Å². The smallest absolute Gasteiger partial charge is 0.306 e. The second-order valence-electron chi connectivity index (χ2n) is 26.0. The monoisotopic (exact) mass is 1280 g/mol. The summed E-state index contributed by atoms with van der Waals surface area (Å²) in [5.41, 5.74) is 0. The molecule has 0 spiro atoms. The molecule has 0 aromatic rings. The maximum Gasteiger partial charge on any atom is 0.306 e. The van der Waals surface area contributed by atoms with E-state index in [4.69, 9.17) is 14.2 Å². The fraction of sp³-hybridized carbons (Fsp3) is 0.775. The maximum absolute atomic E-state index is 13.5. The molecule has 1 heterocycles. The van der Waals surface area contributed by atoms with E-state index in [1.54, 1.807) is 6.08 Å². The van der Waals surface area contributed by atoms with Crippen LogP contribution in [0.25, 0.3) is 0 Å². The topological polar surface area (TPSA) is 175 Å². The summed E-state index contributed by atoms with van der Waals surface area (Å²) in [5.74, 6) is -1.20. The Hall–Kier alpha value is -3.42. The highest BCUT2D eigenvalue weighted by Crippen LogP contribution is 2.26. The third-order valence-corrected chi connectivity index (χ3v) is 17.5. The predicted molar refractivity (Wildman–Crippen MR) is 384 cm³/mol. The first kappa shape index (κ1) is 85.6. The summed E-state index contributed by atoms with van der Waals surface area (Å²) >= 11 is 0. The van der Waals surface area contributed by atoms with Gasteiger partial charge in [-0.2, -0.15) is 0 Å². The van der Waals surface area contributed by atoms with Crippen LogP contribution < -0.4 is 5.32 Å². The normalized spacial score (nSPS) is 18.5. The molecule has 0 bridgehead atoms. The Morgan fingerprint density at radius 3 is 1.20 bits per heavy atom. The largest absolute Gasteiger partial charge is 0.454 e. The van der Waals surface area contributed by atoms with Crippen LogP contribution in [0.2, 0.25) is 0 Å². The van der Waals surface area contributed by atoms with Crippen molar-refractivity contribution in [2.45, 2.75) is 384 Å². The van der Waals surface area contributed by atoms with Crippen molar-refractivity contribution >= 4 is 11.9 Å². The zero-order valence-corrected chi connectivity index (χ0v) is 58.7. The van der Waals surface area contributed by atoms with Crippen LogP contribution in [-0.4, -0.2) is 99.6 Å². The van der Waals surface area contributed by atoms with E-state index >= 15 is 0 Å². The quantitative estimate of drug-likeness (QED) is 0.0195. The molecule has 1 fully saturated rings. The number of unbranched alkanes of at least 4 members (excludes halogenated alkanes) is 37. The summed E-state index contributed by atoms with van der Waals surface area (Å²) in [7, 11) is 0. The van der Waals surface area contributed by atoms with Crippen LogP contribution in [0, 0.1) is 0 Å². The van der Waals surface area contributed by atoms with Crippen molar-refractivity contribution in [1.29, 1.82) is 0 Å². The van der Waals surface area contributed by atoms with E-state index in [1.807, 2.05) is 6.08 Å². The number of hydrogen-bond donors (Lipinski definition) is 6. The molecule has 1 aliphatic rings. The van der Waals surface area contributed by atoms with E-state index in [1.165, 1.54) is 180 Å². The van der Waals surface area contributed by atoms with Gasteiger partial charge >= 0.3 is 5.97 Å². The number of aliphatic hydroxyl groups excluding tert-OH is 5. The number of nitrogens with one attached hydrogen (secondary N) is 1. The standard InChI is InChI=1S/C80H141NO10/c1-4-7-10-13-16-19-22-25-27-29-31-33-35-36-37-38-39-41-43-45-47-50-53-56-59-62-65-68-75(85)91-78-77(87)76(86)74(69-82)90-80(78)89-70-71(72(83)66-63-60-57-54-51-48-24-21-18-15-12-9-6-3)81-79(88)73(84)67-64-61-58-55-52-49-46-44-42-40-34-32-30-28-26-23-20-17-14-11-8-5-2/h7,10,16,19,25-28,31,33,36-37,39,41,63,66,71-74,76-78,80,82-84,86-87H,4-6,8-9,11-15,17-18,20-24,29-30,32,34-35,38,40,42-62,64-65,67-70H2,1-3H3,(H,81,88)/b10-7-,19-16-,27-25-,28-26+,33-31-,37-36-,41-39-,66-63+. The van der Waals surface area contributed by atoms with Gasteiger partial charge in [0.15, 0.2) is 12.4 Å². The minimum atomic E-state index is -1.62. The Balaban J connectivity index is 2.56. The van der Waals surface area contributed by atoms with E-state index in [0.29, 0.717) is 12.8 Å². The molecule has 0 aromatic carbocycles. The zero-order chi connectivity index (χ0) is 66.0. The number of amides is 1. The molecule has 1 rings (SSSR count). The summed E-state index contributed by atoms with van der Waals surface area (Å²) in [6.07, 6.45) is 80.1. The lowest BCUT2D eigenvalue weighted by Gasteiger charge is -2.41. The molecule has 11 nitrogen and oxygen atoms in total. The number of rotatable bonds is 65. The minimum absolute atomic E-state index is 0.110. The van der Waals surface area contributed by atoms with Crippen molar-refractivity contribution in [3.05, 3.63) is 97.2 Å². The van der Waals surface area contributed by atoms with Gasteiger partial charge in [-0.25, -0.2) is 0 Å². The lowest BCUT2D eigenvalue weighted by Crippen LogP contribution is -2.61. The number of carbonyl (C=O) groups excluding carboxylic acids is 2. The number of ether oxygens (including phenoxy) is 3. The third kappa shape index (κ3) is 53.5. The highest BCUT2D eigenvalue weighted by atomic mass is 16.7. The molecule has 0 radical (unpaired) electrons. The summed E-state index contributed by atoms with van der Waals surface area (Å²) < 4.78 is 17.7. The van der Waals surface area contributed by atoms with Gasteiger partial charge in [0.05, 0.1) is 25.4 Å². The molecule has 1 saturated heterocycles. The van der Waals surface area contributed by atoms with Crippen LogP contribution in [0.5, 0.6) is 0 Å². The predicted octanol–water partition coefficient (Wildman–Crippen LogP) is 20.2. The first-order valence-corrected chi connectivity index (χ1v) is 38.0. The first-order chi connectivity index (χ1) is 44.7. The minimum Gasteiger partial charge on any atom is -0.454 e. The summed E-state index contributed by atoms with van der Waals surface area (Å²) in [5, 5.41) is 57.4. The molecular weight excluding hydrogens is 1130 g/mol. The molecule has 0 aliphatic carbocycles. The molecule has 8 unspecified atom stereocenters. The lowest BCUT2D eigenvalue weighted by atomic mass is 9.99. The van der Waals surface area contributed by atoms with E-state index in [9.17, 15) is 35.1 Å². The van der Waals surface area contributed by atoms with Crippen molar-refractivity contribution in [3.8, 4) is 0 Å². The summed E-state index contributed by atoms with van der Waals surface area (Å²) in [6, 6.07) is -1.03. The number of hydrogen-bond acceptors (Lipinski definition) is 10. The molecule has 0 saturated carbocycles. The van der Waals surface area contributed by atoms with Crippen LogP contribution >= 0.6 is 0 Å². The van der Waals surface area contributed by atoms with Gasteiger partial charge in [-0.1, -0.05) is 323 Å². The Morgan fingerprint density at radius 2 is 0.791 bits per heavy atom. The Morgan fingerprint density at radius 1 is 0.440 bits per heavy atom. The Bertz CT molecular complexity index is 1860. The average Bonchev–Trinajstić information content (AvgIpc) is 1.11. The van der Waals surface area contributed by atoms with Crippen molar-refractivity contribution in [2.24, 2.45) is 0 Å². The highest BCUT2D eigenvalue weighted by Gasteiger charge is 2.47. The van der Waals surface area contributed by atoms with Gasteiger partial charge in [-0.3, -0.25) is 9.59 Å². The molecule has 6 N–H and O–H groups in total. The SMILES string of the molecule is CC/C=C\C/C=C\C/C=C\C/C=C\C/C=C\C/C=C\CCCCCCCCCCC(=O)OC1C(OCC(NC(=O)C(O)CCCCCCCCCCCCCC/C=C/CCCCCCCC)C(O)/C=C/CCCCCCCCCCCCC)OC(CO)C(O)C1O. The number of allylic oxidation sites excluding steroid dienone is 15. The Kier molecular flexibility index (Phi) is 62.6. The van der Waals surface area contributed by atoms with Crippen molar-refractivity contribution in [2.75, 3.05) is 13.2 Å². The van der Waals surface area contributed by atoms with Gasteiger partial charge in [-0.05, 0) is 103 Å². The van der Waals surface area contributed by atoms with Crippen LogP contribution in [0.4, 0.5) is 0 Å². The van der Waals surface area contributed by atoms with Crippen molar-refractivity contribution in [3.63, 3.8) is 0 Å².